The summed E-state index contributed by atoms with van der Waals surface area (Å²) in [5.41, 5.74) is 2.12. The van der Waals surface area contributed by atoms with Gasteiger partial charge in [0.2, 0.25) is 0 Å². The van der Waals surface area contributed by atoms with Gasteiger partial charge in [-0.2, -0.15) is 0 Å². The Bertz CT molecular complexity index is 591. The molecule has 94 valence electrons. The molecule has 0 fully saturated rings. The fourth-order valence-corrected chi connectivity index (χ4v) is 2.04. The molecule has 0 aliphatic carbocycles. The van der Waals surface area contributed by atoms with E-state index in [1.807, 2.05) is 6.92 Å². The summed E-state index contributed by atoms with van der Waals surface area (Å²) >= 11 is 5.86. The molecule has 0 amide bonds. The van der Waals surface area contributed by atoms with Crippen molar-refractivity contribution < 1.29 is 8.78 Å². The van der Waals surface area contributed by atoms with E-state index in [1.165, 1.54) is 6.07 Å². The lowest BCUT2D eigenvalue weighted by molar-refractivity contribution is 0.611. The van der Waals surface area contributed by atoms with Crippen molar-refractivity contribution in [3.05, 3.63) is 58.1 Å². The predicted molar refractivity (Wildman–Crippen MR) is 70.9 cm³/mol. The Morgan fingerprint density at radius 2 is 1.83 bits per heavy atom. The fraction of sp³-hybridized carbons (Fsp3) is 0.200. The summed E-state index contributed by atoms with van der Waals surface area (Å²) in [6, 6.07) is 8.09. The summed E-state index contributed by atoms with van der Waals surface area (Å²) in [4.78, 5) is 0. The van der Waals surface area contributed by atoms with E-state index in [1.54, 1.807) is 31.2 Å². The van der Waals surface area contributed by atoms with Crippen LogP contribution in [0.15, 0.2) is 30.3 Å². The summed E-state index contributed by atoms with van der Waals surface area (Å²) in [7, 11) is 0. The molecule has 0 radical (unpaired) electrons. The van der Waals surface area contributed by atoms with Gasteiger partial charge in [-0.05, 0) is 36.1 Å². The molecule has 0 N–H and O–H groups in total. The highest BCUT2D eigenvalue weighted by Crippen LogP contribution is 2.30. The molecular formula is C15H13ClF2. The molecule has 0 aromatic heterocycles. The van der Waals surface area contributed by atoms with E-state index < -0.39 is 5.82 Å². The lowest BCUT2D eigenvalue weighted by atomic mass is 10.0. The zero-order chi connectivity index (χ0) is 13.3. The van der Waals surface area contributed by atoms with Crippen molar-refractivity contribution in [2.45, 2.75) is 20.3 Å². The van der Waals surface area contributed by atoms with Crippen molar-refractivity contribution in [2.75, 3.05) is 0 Å². The topological polar surface area (TPSA) is 0 Å². The smallest absolute Gasteiger partial charge is 0.149 e. The molecule has 2 aromatic carbocycles. The quantitative estimate of drug-likeness (QED) is 0.705. The molecule has 0 bridgehead atoms. The standard InChI is InChI=1S/C15H13ClF2/c1-3-10-5-6-11(8-13(10)17)12-7-4-9(2)14(16)15(12)18/h4-8H,3H2,1-2H3. The molecule has 0 atom stereocenters. The lowest BCUT2D eigenvalue weighted by Crippen LogP contribution is -1.92. The zero-order valence-electron chi connectivity index (χ0n) is 10.2. The monoisotopic (exact) mass is 266 g/mol. The average Bonchev–Trinajstić information content (AvgIpc) is 2.36. The summed E-state index contributed by atoms with van der Waals surface area (Å²) in [6.45, 7) is 3.61. The number of hydrogen-bond donors (Lipinski definition) is 0. The first-order chi connectivity index (χ1) is 8.54. The summed E-state index contributed by atoms with van der Waals surface area (Å²) in [6.07, 6.45) is 0.614. The van der Waals surface area contributed by atoms with E-state index in [0.29, 0.717) is 28.7 Å². The van der Waals surface area contributed by atoms with E-state index in [2.05, 4.69) is 0 Å². The Morgan fingerprint density at radius 1 is 1.11 bits per heavy atom. The van der Waals surface area contributed by atoms with Crippen LogP contribution in [-0.2, 0) is 6.42 Å². The highest BCUT2D eigenvalue weighted by atomic mass is 35.5. The molecule has 0 aliphatic rings. The molecule has 0 nitrogen and oxygen atoms in total. The van der Waals surface area contributed by atoms with Crippen molar-refractivity contribution in [1.29, 1.82) is 0 Å². The van der Waals surface area contributed by atoms with Gasteiger partial charge in [-0.15, -0.1) is 0 Å². The third-order valence-corrected chi connectivity index (χ3v) is 3.48. The van der Waals surface area contributed by atoms with Crippen molar-refractivity contribution in [1.82, 2.24) is 0 Å². The molecule has 0 saturated carbocycles. The van der Waals surface area contributed by atoms with E-state index in [9.17, 15) is 8.78 Å². The predicted octanol–water partition coefficient (Wildman–Crippen LogP) is 5.16. The maximum Gasteiger partial charge on any atom is 0.149 e. The van der Waals surface area contributed by atoms with Gasteiger partial charge in [0.05, 0.1) is 5.02 Å². The highest BCUT2D eigenvalue weighted by Gasteiger charge is 2.12. The number of hydrogen-bond acceptors (Lipinski definition) is 0. The Balaban J connectivity index is 2.56. The Morgan fingerprint density at radius 3 is 2.44 bits per heavy atom. The molecule has 18 heavy (non-hydrogen) atoms. The van der Waals surface area contributed by atoms with Crippen LogP contribution in [0, 0.1) is 18.6 Å². The van der Waals surface area contributed by atoms with Crippen LogP contribution in [-0.4, -0.2) is 0 Å². The largest absolute Gasteiger partial charge is 0.207 e. The van der Waals surface area contributed by atoms with Crippen molar-refractivity contribution in [3.8, 4) is 11.1 Å². The van der Waals surface area contributed by atoms with E-state index >= 15 is 0 Å². The molecule has 2 rings (SSSR count). The van der Waals surface area contributed by atoms with Crippen LogP contribution in [0.3, 0.4) is 0 Å². The van der Waals surface area contributed by atoms with Crippen LogP contribution in [0.5, 0.6) is 0 Å². The first-order valence-corrected chi connectivity index (χ1v) is 6.15. The van der Waals surface area contributed by atoms with Gasteiger partial charge in [0.1, 0.15) is 11.6 Å². The summed E-state index contributed by atoms with van der Waals surface area (Å²) in [5.74, 6) is -0.814. The van der Waals surface area contributed by atoms with E-state index in [-0.39, 0.29) is 10.8 Å². The van der Waals surface area contributed by atoms with Crippen molar-refractivity contribution in [2.24, 2.45) is 0 Å². The second-order valence-electron chi connectivity index (χ2n) is 4.22. The van der Waals surface area contributed by atoms with E-state index in [0.717, 1.165) is 0 Å². The van der Waals surface area contributed by atoms with Crippen LogP contribution in [0.2, 0.25) is 5.02 Å². The van der Waals surface area contributed by atoms with Crippen LogP contribution in [0.4, 0.5) is 8.78 Å². The third-order valence-electron chi connectivity index (χ3n) is 3.02. The molecule has 0 aliphatic heterocycles. The minimum Gasteiger partial charge on any atom is -0.207 e. The fourth-order valence-electron chi connectivity index (χ4n) is 1.87. The summed E-state index contributed by atoms with van der Waals surface area (Å²) < 4.78 is 27.7. The number of benzene rings is 2. The maximum absolute atomic E-state index is 14.0. The second kappa shape index (κ2) is 5.07. The van der Waals surface area contributed by atoms with Gasteiger partial charge in [0, 0.05) is 5.56 Å². The van der Waals surface area contributed by atoms with Gasteiger partial charge in [-0.3, -0.25) is 0 Å². The number of aryl methyl sites for hydroxylation is 2. The van der Waals surface area contributed by atoms with Crippen molar-refractivity contribution >= 4 is 11.6 Å². The molecular weight excluding hydrogens is 254 g/mol. The molecule has 0 unspecified atom stereocenters. The minimum atomic E-state index is -0.500. The van der Waals surface area contributed by atoms with Crippen molar-refractivity contribution in [3.63, 3.8) is 0 Å². The summed E-state index contributed by atoms with van der Waals surface area (Å²) in [5, 5.41) is 0.0903. The van der Waals surface area contributed by atoms with E-state index in [4.69, 9.17) is 11.6 Å². The minimum absolute atomic E-state index is 0.0903. The Kier molecular flexibility index (Phi) is 3.67. The van der Waals surface area contributed by atoms with Gasteiger partial charge in [0.15, 0.2) is 0 Å². The molecule has 0 spiro atoms. The van der Waals surface area contributed by atoms with Crippen LogP contribution >= 0.6 is 11.6 Å². The molecule has 2 aromatic rings. The van der Waals surface area contributed by atoms with Crippen LogP contribution < -0.4 is 0 Å². The van der Waals surface area contributed by atoms with Crippen LogP contribution in [0.1, 0.15) is 18.1 Å². The Hall–Kier alpha value is -1.41. The van der Waals surface area contributed by atoms with Gasteiger partial charge < -0.3 is 0 Å². The first kappa shape index (κ1) is 13.0. The molecule has 0 saturated heterocycles. The van der Waals surface area contributed by atoms with Gasteiger partial charge in [0.25, 0.3) is 0 Å². The second-order valence-corrected chi connectivity index (χ2v) is 4.60. The SMILES string of the molecule is CCc1ccc(-c2ccc(C)c(Cl)c2F)cc1F. The van der Waals surface area contributed by atoms with Gasteiger partial charge in [-0.1, -0.05) is 42.8 Å². The van der Waals surface area contributed by atoms with Gasteiger partial charge in [-0.25, -0.2) is 8.78 Å². The Labute approximate surface area is 110 Å². The maximum atomic E-state index is 14.0. The number of rotatable bonds is 2. The number of halogens is 3. The third kappa shape index (κ3) is 2.25. The lowest BCUT2D eigenvalue weighted by Gasteiger charge is -2.08. The van der Waals surface area contributed by atoms with Crippen LogP contribution in [0.25, 0.3) is 11.1 Å². The molecule has 0 heterocycles. The first-order valence-electron chi connectivity index (χ1n) is 5.78. The average molecular weight is 267 g/mol. The zero-order valence-corrected chi connectivity index (χ0v) is 11.0. The highest BCUT2D eigenvalue weighted by molar-refractivity contribution is 6.31. The molecule has 3 heteroatoms. The normalized spacial score (nSPS) is 10.7. The van der Waals surface area contributed by atoms with Gasteiger partial charge >= 0.3 is 0 Å².